The van der Waals surface area contributed by atoms with Gasteiger partial charge >= 0.3 is 0 Å². The predicted octanol–water partition coefficient (Wildman–Crippen LogP) is 0.712. The lowest BCUT2D eigenvalue weighted by molar-refractivity contribution is 0.0935. The van der Waals surface area contributed by atoms with Gasteiger partial charge < -0.3 is 15.2 Å². The van der Waals surface area contributed by atoms with Crippen LogP contribution in [-0.4, -0.2) is 30.7 Å². The number of aromatic nitrogens is 1. The number of amides is 1. The molecule has 16 heavy (non-hydrogen) atoms. The molecule has 1 amide bonds. The van der Waals surface area contributed by atoms with Gasteiger partial charge in [-0.15, -0.1) is 0 Å². The molecule has 0 aliphatic carbocycles. The molecule has 0 radical (unpaired) electrons. The summed E-state index contributed by atoms with van der Waals surface area (Å²) in [5.41, 5.74) is 0.362. The zero-order valence-electron chi connectivity index (χ0n) is 9.45. The highest BCUT2D eigenvalue weighted by molar-refractivity contribution is 5.92. The van der Waals surface area contributed by atoms with E-state index < -0.39 is 0 Å². The fourth-order valence-corrected chi connectivity index (χ4v) is 1.90. The van der Waals surface area contributed by atoms with E-state index in [1.165, 1.54) is 12.8 Å². The number of nitrogens with zero attached hydrogens (tertiary/aromatic N) is 1. The average Bonchev–Trinajstić information content (AvgIpc) is 2.74. The number of piperidine rings is 1. The third-order valence-corrected chi connectivity index (χ3v) is 2.81. The van der Waals surface area contributed by atoms with Gasteiger partial charge in [0.15, 0.2) is 5.69 Å². The molecule has 1 fully saturated rings. The van der Waals surface area contributed by atoms with Crippen molar-refractivity contribution in [2.75, 3.05) is 19.6 Å². The molecular formula is C11H17N3O2. The van der Waals surface area contributed by atoms with Gasteiger partial charge in [0.1, 0.15) is 5.76 Å². The maximum absolute atomic E-state index is 11.6. The first kappa shape index (κ1) is 11.1. The van der Waals surface area contributed by atoms with E-state index in [2.05, 4.69) is 15.8 Å². The molecule has 2 rings (SSSR count). The number of nitrogens with one attached hydrogen (secondary N) is 2. The van der Waals surface area contributed by atoms with E-state index in [1.807, 2.05) is 0 Å². The molecule has 1 unspecified atom stereocenters. The monoisotopic (exact) mass is 223 g/mol. The predicted molar refractivity (Wildman–Crippen MR) is 59.2 cm³/mol. The lowest BCUT2D eigenvalue weighted by Gasteiger charge is -2.22. The summed E-state index contributed by atoms with van der Waals surface area (Å²) in [5.74, 6) is 1.04. The van der Waals surface area contributed by atoms with E-state index in [4.69, 9.17) is 4.52 Å². The Labute approximate surface area is 94.6 Å². The van der Waals surface area contributed by atoms with Gasteiger partial charge in [-0.2, -0.15) is 0 Å². The van der Waals surface area contributed by atoms with E-state index in [1.54, 1.807) is 13.0 Å². The van der Waals surface area contributed by atoms with Gasteiger partial charge in [-0.3, -0.25) is 4.79 Å². The molecule has 1 aromatic rings. The summed E-state index contributed by atoms with van der Waals surface area (Å²) in [7, 11) is 0. The highest BCUT2D eigenvalue weighted by Gasteiger charge is 2.15. The van der Waals surface area contributed by atoms with E-state index in [9.17, 15) is 4.79 Å². The van der Waals surface area contributed by atoms with Gasteiger partial charge in [-0.1, -0.05) is 5.16 Å². The summed E-state index contributed by atoms with van der Waals surface area (Å²) in [6.45, 7) is 4.55. The minimum absolute atomic E-state index is 0.151. The highest BCUT2D eigenvalue weighted by Crippen LogP contribution is 2.08. The van der Waals surface area contributed by atoms with Crippen molar-refractivity contribution in [1.29, 1.82) is 0 Å². The van der Waals surface area contributed by atoms with Crippen LogP contribution in [0.2, 0.25) is 0 Å². The molecule has 5 heteroatoms. The van der Waals surface area contributed by atoms with Gasteiger partial charge in [0.05, 0.1) is 0 Å². The number of hydrogen-bond donors (Lipinski definition) is 2. The minimum Gasteiger partial charge on any atom is -0.361 e. The molecule has 0 saturated carbocycles. The fourth-order valence-electron chi connectivity index (χ4n) is 1.90. The van der Waals surface area contributed by atoms with E-state index in [0.717, 1.165) is 13.1 Å². The van der Waals surface area contributed by atoms with Crippen LogP contribution in [-0.2, 0) is 0 Å². The van der Waals surface area contributed by atoms with Crippen LogP contribution in [0.4, 0.5) is 0 Å². The van der Waals surface area contributed by atoms with Crippen molar-refractivity contribution in [2.24, 2.45) is 5.92 Å². The van der Waals surface area contributed by atoms with Crippen LogP contribution in [0.1, 0.15) is 29.1 Å². The summed E-state index contributed by atoms with van der Waals surface area (Å²) in [6, 6.07) is 1.65. The molecule has 1 atom stereocenters. The third-order valence-electron chi connectivity index (χ3n) is 2.81. The Morgan fingerprint density at radius 1 is 1.75 bits per heavy atom. The van der Waals surface area contributed by atoms with Crippen LogP contribution in [0.15, 0.2) is 10.6 Å². The first-order valence-corrected chi connectivity index (χ1v) is 5.68. The molecule has 2 heterocycles. The largest absolute Gasteiger partial charge is 0.361 e. The van der Waals surface area contributed by atoms with Gasteiger partial charge in [-0.05, 0) is 38.8 Å². The zero-order chi connectivity index (χ0) is 11.4. The van der Waals surface area contributed by atoms with Crippen molar-refractivity contribution in [3.63, 3.8) is 0 Å². The standard InChI is InChI=1S/C11H17N3O2/c1-8-5-10(14-16-8)11(15)13-7-9-3-2-4-12-6-9/h5,9,12H,2-4,6-7H2,1H3,(H,13,15). The molecule has 0 aromatic carbocycles. The molecule has 1 saturated heterocycles. The van der Waals surface area contributed by atoms with Crippen LogP contribution < -0.4 is 10.6 Å². The van der Waals surface area contributed by atoms with Crippen molar-refractivity contribution in [3.05, 3.63) is 17.5 Å². The van der Waals surface area contributed by atoms with E-state index >= 15 is 0 Å². The number of rotatable bonds is 3. The SMILES string of the molecule is Cc1cc(C(=O)NCC2CCCNC2)no1. The Morgan fingerprint density at radius 3 is 3.25 bits per heavy atom. The maximum Gasteiger partial charge on any atom is 0.273 e. The quantitative estimate of drug-likeness (QED) is 0.792. The number of carbonyl (C=O) groups excluding carboxylic acids is 1. The van der Waals surface area contributed by atoms with Crippen molar-refractivity contribution in [2.45, 2.75) is 19.8 Å². The molecule has 1 aliphatic rings. The first-order valence-electron chi connectivity index (χ1n) is 5.68. The van der Waals surface area contributed by atoms with Gasteiger partial charge in [0, 0.05) is 12.6 Å². The van der Waals surface area contributed by atoms with Crippen LogP contribution >= 0.6 is 0 Å². The summed E-state index contributed by atoms with van der Waals surface area (Å²) in [5, 5.41) is 9.87. The minimum atomic E-state index is -0.151. The van der Waals surface area contributed by atoms with Crippen molar-refractivity contribution in [1.82, 2.24) is 15.8 Å². The first-order chi connectivity index (χ1) is 7.75. The van der Waals surface area contributed by atoms with Gasteiger partial charge in [0.25, 0.3) is 5.91 Å². The lowest BCUT2D eigenvalue weighted by Crippen LogP contribution is -2.38. The summed E-state index contributed by atoms with van der Waals surface area (Å²) in [6.07, 6.45) is 2.36. The maximum atomic E-state index is 11.6. The van der Waals surface area contributed by atoms with Gasteiger partial charge in [-0.25, -0.2) is 0 Å². The van der Waals surface area contributed by atoms with E-state index in [-0.39, 0.29) is 5.91 Å². The number of aryl methyl sites for hydroxylation is 1. The second-order valence-electron chi connectivity index (χ2n) is 4.25. The molecule has 88 valence electrons. The molecule has 0 spiro atoms. The van der Waals surface area contributed by atoms with Crippen LogP contribution in [0.5, 0.6) is 0 Å². The number of carbonyl (C=O) groups is 1. The summed E-state index contributed by atoms with van der Waals surface area (Å²) in [4.78, 5) is 11.6. The smallest absolute Gasteiger partial charge is 0.273 e. The average molecular weight is 223 g/mol. The second-order valence-corrected chi connectivity index (χ2v) is 4.25. The summed E-state index contributed by atoms with van der Waals surface area (Å²) < 4.78 is 4.85. The Balaban J connectivity index is 1.79. The Bertz CT molecular complexity index is 356. The Morgan fingerprint density at radius 2 is 2.62 bits per heavy atom. The van der Waals surface area contributed by atoms with Crippen LogP contribution in [0.3, 0.4) is 0 Å². The molecule has 5 nitrogen and oxygen atoms in total. The van der Waals surface area contributed by atoms with Crippen LogP contribution in [0.25, 0.3) is 0 Å². The molecule has 2 N–H and O–H groups in total. The summed E-state index contributed by atoms with van der Waals surface area (Å²) >= 11 is 0. The molecule has 1 aromatic heterocycles. The zero-order valence-corrected chi connectivity index (χ0v) is 9.45. The van der Waals surface area contributed by atoms with E-state index in [0.29, 0.717) is 23.9 Å². The molecule has 0 bridgehead atoms. The lowest BCUT2D eigenvalue weighted by atomic mass is 10.00. The fraction of sp³-hybridized carbons (Fsp3) is 0.636. The molecule has 1 aliphatic heterocycles. The van der Waals surface area contributed by atoms with Crippen molar-refractivity contribution >= 4 is 5.91 Å². The number of hydrogen-bond acceptors (Lipinski definition) is 4. The van der Waals surface area contributed by atoms with Crippen molar-refractivity contribution < 1.29 is 9.32 Å². The Kier molecular flexibility index (Phi) is 3.56. The topological polar surface area (TPSA) is 67.2 Å². The van der Waals surface area contributed by atoms with Gasteiger partial charge in [0.2, 0.25) is 0 Å². The van der Waals surface area contributed by atoms with Crippen LogP contribution in [0, 0.1) is 12.8 Å². The third kappa shape index (κ3) is 2.82. The molecular weight excluding hydrogens is 206 g/mol. The van der Waals surface area contributed by atoms with Crippen molar-refractivity contribution in [3.8, 4) is 0 Å². The second kappa shape index (κ2) is 5.12. The Hall–Kier alpha value is -1.36. The highest BCUT2D eigenvalue weighted by atomic mass is 16.5. The normalized spacial score (nSPS) is 20.7.